The van der Waals surface area contributed by atoms with E-state index in [0.29, 0.717) is 18.9 Å². The van der Waals surface area contributed by atoms with Crippen molar-refractivity contribution in [1.82, 2.24) is 4.90 Å². The van der Waals surface area contributed by atoms with Crippen LogP contribution in [0.4, 0.5) is 0 Å². The van der Waals surface area contributed by atoms with Gasteiger partial charge in [-0.2, -0.15) is 0 Å². The fourth-order valence-corrected chi connectivity index (χ4v) is 3.03. The smallest absolute Gasteiger partial charge is 0.227 e. The van der Waals surface area contributed by atoms with Crippen molar-refractivity contribution in [2.45, 2.75) is 32.3 Å². The number of likely N-dealkylation sites (tertiary alicyclic amines) is 1. The second-order valence-corrected chi connectivity index (χ2v) is 6.03. The number of nitrogens with zero attached hydrogens (tertiary/aromatic N) is 1. The average Bonchev–Trinajstić information content (AvgIpc) is 2.53. The van der Waals surface area contributed by atoms with Crippen LogP contribution in [-0.2, 0) is 11.2 Å². The predicted molar refractivity (Wildman–Crippen MR) is 83.7 cm³/mol. The van der Waals surface area contributed by atoms with Gasteiger partial charge in [0.25, 0.3) is 0 Å². The van der Waals surface area contributed by atoms with Gasteiger partial charge in [0.2, 0.25) is 5.91 Å². The molecule has 116 valence electrons. The van der Waals surface area contributed by atoms with Crippen molar-refractivity contribution in [1.29, 1.82) is 0 Å². The summed E-state index contributed by atoms with van der Waals surface area (Å²) in [6.45, 7) is 3.68. The number of hydrogen-bond donors (Lipinski definition) is 2. The molecule has 1 saturated heterocycles. The van der Waals surface area contributed by atoms with Gasteiger partial charge < -0.3 is 15.7 Å². The Morgan fingerprint density at radius 2 is 1.95 bits per heavy atom. The Labute approximate surface area is 126 Å². The molecule has 1 aliphatic heterocycles. The molecule has 3 N–H and O–H groups in total. The summed E-state index contributed by atoms with van der Waals surface area (Å²) in [5.41, 5.74) is 6.97. The number of piperidine rings is 1. The van der Waals surface area contributed by atoms with Gasteiger partial charge in [0.1, 0.15) is 0 Å². The SMILES string of the molecule is CC(O)C1CCN(C(=O)C(CN)Cc2ccccc2)CC1. The Balaban J connectivity index is 1.92. The lowest BCUT2D eigenvalue weighted by atomic mass is 9.90. The summed E-state index contributed by atoms with van der Waals surface area (Å²) in [4.78, 5) is 14.5. The largest absolute Gasteiger partial charge is 0.393 e. The molecule has 1 heterocycles. The fourth-order valence-electron chi connectivity index (χ4n) is 3.03. The van der Waals surface area contributed by atoms with E-state index in [0.717, 1.165) is 31.5 Å². The minimum absolute atomic E-state index is 0.143. The highest BCUT2D eigenvalue weighted by molar-refractivity contribution is 5.79. The molecule has 0 aromatic heterocycles. The third kappa shape index (κ3) is 4.29. The van der Waals surface area contributed by atoms with Crippen LogP contribution in [0.3, 0.4) is 0 Å². The van der Waals surface area contributed by atoms with Crippen molar-refractivity contribution in [3.8, 4) is 0 Å². The number of amides is 1. The monoisotopic (exact) mass is 290 g/mol. The maximum atomic E-state index is 12.6. The summed E-state index contributed by atoms with van der Waals surface area (Å²) in [5, 5.41) is 9.63. The van der Waals surface area contributed by atoms with Crippen LogP contribution in [0.2, 0.25) is 0 Å². The van der Waals surface area contributed by atoms with E-state index >= 15 is 0 Å². The first-order valence-electron chi connectivity index (χ1n) is 7.82. The molecule has 0 aliphatic carbocycles. The molecule has 4 nitrogen and oxygen atoms in total. The van der Waals surface area contributed by atoms with Crippen LogP contribution in [0.1, 0.15) is 25.3 Å². The lowest BCUT2D eigenvalue weighted by Gasteiger charge is -2.35. The van der Waals surface area contributed by atoms with Gasteiger partial charge in [0, 0.05) is 19.6 Å². The second kappa shape index (κ2) is 7.57. The molecule has 1 aliphatic rings. The van der Waals surface area contributed by atoms with Gasteiger partial charge in [-0.25, -0.2) is 0 Å². The Morgan fingerprint density at radius 1 is 1.33 bits per heavy atom. The number of aliphatic hydroxyl groups is 1. The quantitative estimate of drug-likeness (QED) is 0.862. The molecule has 1 amide bonds. The summed E-state index contributed by atoms with van der Waals surface area (Å²) < 4.78 is 0. The fraction of sp³-hybridized carbons (Fsp3) is 0.588. The van der Waals surface area contributed by atoms with Gasteiger partial charge in [0.05, 0.1) is 12.0 Å². The molecule has 0 spiro atoms. The number of hydrogen-bond acceptors (Lipinski definition) is 3. The molecule has 2 unspecified atom stereocenters. The summed E-state index contributed by atoms with van der Waals surface area (Å²) in [7, 11) is 0. The molecule has 2 atom stereocenters. The topological polar surface area (TPSA) is 66.6 Å². The first-order valence-corrected chi connectivity index (χ1v) is 7.82. The van der Waals surface area contributed by atoms with E-state index in [2.05, 4.69) is 0 Å². The number of carbonyl (C=O) groups excluding carboxylic acids is 1. The number of benzene rings is 1. The minimum atomic E-state index is -0.281. The van der Waals surface area contributed by atoms with E-state index in [1.165, 1.54) is 0 Å². The predicted octanol–water partition coefficient (Wildman–Crippen LogP) is 1.42. The Bertz CT molecular complexity index is 439. The summed E-state index contributed by atoms with van der Waals surface area (Å²) in [6.07, 6.45) is 2.18. The van der Waals surface area contributed by atoms with E-state index in [4.69, 9.17) is 5.73 Å². The average molecular weight is 290 g/mol. The first kappa shape index (κ1) is 16.0. The lowest BCUT2D eigenvalue weighted by molar-refractivity contribution is -0.137. The maximum Gasteiger partial charge on any atom is 0.227 e. The van der Waals surface area contributed by atoms with Gasteiger partial charge in [-0.1, -0.05) is 30.3 Å². The van der Waals surface area contributed by atoms with Crippen molar-refractivity contribution in [2.24, 2.45) is 17.6 Å². The van der Waals surface area contributed by atoms with Gasteiger partial charge in [-0.05, 0) is 37.7 Å². The molecule has 21 heavy (non-hydrogen) atoms. The highest BCUT2D eigenvalue weighted by Crippen LogP contribution is 2.22. The van der Waals surface area contributed by atoms with Crippen LogP contribution in [0, 0.1) is 11.8 Å². The number of aliphatic hydroxyl groups excluding tert-OH is 1. The normalized spacial score (nSPS) is 19.3. The van der Waals surface area contributed by atoms with E-state index < -0.39 is 0 Å². The van der Waals surface area contributed by atoms with Gasteiger partial charge in [-0.3, -0.25) is 4.79 Å². The molecule has 0 radical (unpaired) electrons. The molecule has 2 rings (SSSR count). The number of carbonyl (C=O) groups is 1. The summed E-state index contributed by atoms with van der Waals surface area (Å²) >= 11 is 0. The summed E-state index contributed by atoms with van der Waals surface area (Å²) in [6, 6.07) is 10.0. The molecule has 1 aromatic rings. The van der Waals surface area contributed by atoms with E-state index in [1.807, 2.05) is 42.2 Å². The maximum absolute atomic E-state index is 12.6. The van der Waals surface area contributed by atoms with E-state index in [9.17, 15) is 9.90 Å². The number of rotatable bonds is 5. The van der Waals surface area contributed by atoms with Gasteiger partial charge in [0.15, 0.2) is 0 Å². The molecule has 4 heteroatoms. The Morgan fingerprint density at radius 3 is 2.48 bits per heavy atom. The van der Waals surface area contributed by atoms with Crippen LogP contribution in [0.25, 0.3) is 0 Å². The molecule has 1 aromatic carbocycles. The highest BCUT2D eigenvalue weighted by Gasteiger charge is 2.29. The standard InChI is InChI=1S/C17H26N2O2/c1-13(20)15-7-9-19(10-8-15)17(21)16(12-18)11-14-5-3-2-4-6-14/h2-6,13,15-16,20H,7-12,18H2,1H3. The zero-order chi connectivity index (χ0) is 15.2. The third-order valence-corrected chi connectivity index (χ3v) is 4.49. The van der Waals surface area contributed by atoms with Gasteiger partial charge >= 0.3 is 0 Å². The van der Waals surface area contributed by atoms with Crippen molar-refractivity contribution in [2.75, 3.05) is 19.6 Å². The van der Waals surface area contributed by atoms with Crippen LogP contribution in [0.15, 0.2) is 30.3 Å². The zero-order valence-electron chi connectivity index (χ0n) is 12.7. The molecule has 0 bridgehead atoms. The molecule has 1 fully saturated rings. The van der Waals surface area contributed by atoms with E-state index in [1.54, 1.807) is 0 Å². The van der Waals surface area contributed by atoms with Crippen LogP contribution in [-0.4, -0.2) is 41.7 Å². The van der Waals surface area contributed by atoms with E-state index in [-0.39, 0.29) is 17.9 Å². The highest BCUT2D eigenvalue weighted by atomic mass is 16.3. The van der Waals surface area contributed by atoms with Gasteiger partial charge in [-0.15, -0.1) is 0 Å². The van der Waals surface area contributed by atoms with Crippen molar-refractivity contribution in [3.05, 3.63) is 35.9 Å². The number of nitrogens with two attached hydrogens (primary N) is 1. The zero-order valence-corrected chi connectivity index (χ0v) is 12.7. The van der Waals surface area contributed by atoms with Crippen LogP contribution in [0.5, 0.6) is 0 Å². The molecular formula is C17H26N2O2. The summed E-state index contributed by atoms with van der Waals surface area (Å²) in [5.74, 6) is 0.334. The third-order valence-electron chi connectivity index (χ3n) is 4.49. The second-order valence-electron chi connectivity index (χ2n) is 6.03. The van der Waals surface area contributed by atoms with Crippen molar-refractivity contribution < 1.29 is 9.90 Å². The van der Waals surface area contributed by atoms with Crippen molar-refractivity contribution >= 4 is 5.91 Å². The molecule has 0 saturated carbocycles. The van der Waals surface area contributed by atoms with Crippen LogP contribution >= 0.6 is 0 Å². The Kier molecular flexibility index (Phi) is 5.76. The minimum Gasteiger partial charge on any atom is -0.393 e. The van der Waals surface area contributed by atoms with Crippen molar-refractivity contribution in [3.63, 3.8) is 0 Å². The first-order chi connectivity index (χ1) is 10.1. The molecular weight excluding hydrogens is 264 g/mol. The van der Waals surface area contributed by atoms with Crippen LogP contribution < -0.4 is 5.73 Å². The Hall–Kier alpha value is -1.39. The lowest BCUT2D eigenvalue weighted by Crippen LogP contribution is -2.45.